The molecule has 8 heteroatoms. The number of carbonyl (C=O) groups excluding carboxylic acids is 1. The molecule has 0 aromatic heterocycles. The first kappa shape index (κ1) is 15.1. The highest BCUT2D eigenvalue weighted by molar-refractivity contribution is 5.99. The van der Waals surface area contributed by atoms with Gasteiger partial charge in [0.25, 0.3) is 6.43 Å². The van der Waals surface area contributed by atoms with E-state index in [1.807, 2.05) is 0 Å². The third kappa shape index (κ3) is 3.87. The maximum Gasteiger partial charge on any atom is 0.307 e. The fourth-order valence-corrected chi connectivity index (χ4v) is 1.85. The summed E-state index contributed by atoms with van der Waals surface area (Å²) in [6.07, 6.45) is -2.52. The summed E-state index contributed by atoms with van der Waals surface area (Å²) in [5.41, 5.74) is 0.0260. The molecule has 0 heterocycles. The van der Waals surface area contributed by atoms with Gasteiger partial charge >= 0.3 is 5.97 Å². The third-order valence-electron chi connectivity index (χ3n) is 3.01. The third-order valence-corrected chi connectivity index (χ3v) is 3.01. The van der Waals surface area contributed by atoms with Crippen molar-refractivity contribution >= 4 is 17.6 Å². The summed E-state index contributed by atoms with van der Waals surface area (Å²) in [5.74, 6) is -3.96. The fraction of sp³-hybridized carbons (Fsp3) is 0.385. The van der Waals surface area contributed by atoms with Crippen LogP contribution in [0.2, 0.25) is 0 Å². The maximum atomic E-state index is 13.1. The molecule has 2 N–H and O–H groups in total. The summed E-state index contributed by atoms with van der Waals surface area (Å²) >= 11 is 0. The number of carbonyl (C=O) groups is 2. The van der Waals surface area contributed by atoms with Crippen LogP contribution in [-0.2, 0) is 9.59 Å². The zero-order chi connectivity index (χ0) is 15.6. The van der Waals surface area contributed by atoms with E-state index in [0.29, 0.717) is 0 Å². The Bertz CT molecular complexity index is 564. The van der Waals surface area contributed by atoms with Crippen molar-refractivity contribution in [3.05, 3.63) is 24.0 Å². The highest BCUT2D eigenvalue weighted by atomic mass is 19.3. The van der Waals surface area contributed by atoms with E-state index >= 15 is 0 Å². The van der Waals surface area contributed by atoms with Crippen LogP contribution in [0.5, 0.6) is 5.75 Å². The summed E-state index contributed by atoms with van der Waals surface area (Å²) in [5, 5.41) is 11.1. The first-order chi connectivity index (χ1) is 9.88. The molecule has 2 unspecified atom stereocenters. The van der Waals surface area contributed by atoms with Gasteiger partial charge in [0.05, 0.1) is 17.5 Å². The lowest BCUT2D eigenvalue weighted by molar-refractivity contribution is -0.139. The Morgan fingerprint density at radius 2 is 2.10 bits per heavy atom. The van der Waals surface area contributed by atoms with Gasteiger partial charge in [-0.3, -0.25) is 9.59 Å². The number of aliphatic carboxylic acids is 1. The minimum atomic E-state index is -2.74. The predicted octanol–water partition coefficient (Wildman–Crippen LogP) is 2.13. The first-order valence-corrected chi connectivity index (χ1v) is 6.12. The zero-order valence-electron chi connectivity index (χ0n) is 10.7. The average molecular weight is 303 g/mol. The largest absolute Gasteiger partial charge is 0.485 e. The molecular formula is C13H12F3NO4. The van der Waals surface area contributed by atoms with Crippen LogP contribution in [-0.4, -0.2) is 30.0 Å². The molecule has 2 rings (SSSR count). The Morgan fingerprint density at radius 1 is 1.38 bits per heavy atom. The smallest absolute Gasteiger partial charge is 0.307 e. The van der Waals surface area contributed by atoms with Gasteiger partial charge in [-0.15, -0.1) is 0 Å². The van der Waals surface area contributed by atoms with Crippen LogP contribution in [0.25, 0.3) is 0 Å². The molecule has 21 heavy (non-hydrogen) atoms. The zero-order valence-corrected chi connectivity index (χ0v) is 10.7. The number of anilines is 1. The van der Waals surface area contributed by atoms with Crippen molar-refractivity contribution in [1.29, 1.82) is 0 Å². The van der Waals surface area contributed by atoms with Crippen LogP contribution in [0, 0.1) is 17.7 Å². The van der Waals surface area contributed by atoms with Crippen molar-refractivity contribution in [2.75, 3.05) is 11.9 Å². The van der Waals surface area contributed by atoms with Crippen molar-refractivity contribution in [3.63, 3.8) is 0 Å². The van der Waals surface area contributed by atoms with Crippen molar-refractivity contribution in [1.82, 2.24) is 0 Å². The maximum absolute atomic E-state index is 13.1. The summed E-state index contributed by atoms with van der Waals surface area (Å²) in [6.45, 7) is -0.937. The lowest BCUT2D eigenvalue weighted by atomic mass is 10.2. The molecule has 0 bridgehead atoms. The minimum absolute atomic E-state index is 0.0260. The highest BCUT2D eigenvalue weighted by Gasteiger charge is 2.48. The van der Waals surface area contributed by atoms with E-state index in [-0.39, 0.29) is 17.9 Å². The van der Waals surface area contributed by atoms with Gasteiger partial charge in [-0.25, -0.2) is 13.2 Å². The molecule has 2 atom stereocenters. The lowest BCUT2D eigenvalue weighted by Crippen LogP contribution is -2.18. The number of rotatable bonds is 6. The van der Waals surface area contributed by atoms with Crippen LogP contribution in [0.4, 0.5) is 18.9 Å². The quantitative estimate of drug-likeness (QED) is 0.844. The second-order valence-electron chi connectivity index (χ2n) is 4.62. The first-order valence-electron chi connectivity index (χ1n) is 6.12. The monoisotopic (exact) mass is 303 g/mol. The van der Waals surface area contributed by atoms with E-state index < -0.39 is 42.6 Å². The number of carboxylic acid groups (broad SMARTS) is 1. The molecule has 1 aliphatic carbocycles. The van der Waals surface area contributed by atoms with Crippen LogP contribution in [0.3, 0.4) is 0 Å². The van der Waals surface area contributed by atoms with Gasteiger partial charge in [-0.2, -0.15) is 0 Å². The van der Waals surface area contributed by atoms with E-state index in [2.05, 4.69) is 5.32 Å². The van der Waals surface area contributed by atoms with Crippen LogP contribution in [0.15, 0.2) is 18.2 Å². The highest BCUT2D eigenvalue weighted by Crippen LogP contribution is 2.40. The SMILES string of the molecule is O=C(O)C1CC1C(=O)Nc1ccc(F)cc1OCC(F)F. The van der Waals surface area contributed by atoms with Crippen LogP contribution < -0.4 is 10.1 Å². The van der Waals surface area contributed by atoms with E-state index in [0.717, 1.165) is 12.1 Å². The Morgan fingerprint density at radius 3 is 2.67 bits per heavy atom. The van der Waals surface area contributed by atoms with Gasteiger partial charge in [-0.05, 0) is 18.6 Å². The molecule has 1 aromatic rings. The van der Waals surface area contributed by atoms with Gasteiger partial charge in [0.2, 0.25) is 5.91 Å². The van der Waals surface area contributed by atoms with Crippen molar-refractivity contribution in [3.8, 4) is 5.75 Å². The Labute approximate surface area is 117 Å². The summed E-state index contributed by atoms with van der Waals surface area (Å²) in [4.78, 5) is 22.5. The number of carboxylic acids is 1. The van der Waals surface area contributed by atoms with Crippen LogP contribution >= 0.6 is 0 Å². The number of hydrogen-bond donors (Lipinski definition) is 2. The molecule has 1 fully saturated rings. The van der Waals surface area contributed by atoms with Gasteiger partial charge in [0.1, 0.15) is 18.2 Å². The van der Waals surface area contributed by atoms with E-state index in [1.54, 1.807) is 0 Å². The molecule has 1 amide bonds. The molecule has 114 valence electrons. The number of halogens is 3. The molecule has 0 spiro atoms. The Kier molecular flexibility index (Phi) is 4.35. The second-order valence-corrected chi connectivity index (χ2v) is 4.62. The topological polar surface area (TPSA) is 75.6 Å². The number of hydrogen-bond acceptors (Lipinski definition) is 3. The molecule has 0 radical (unpaired) electrons. The van der Waals surface area contributed by atoms with E-state index in [9.17, 15) is 22.8 Å². The second kappa shape index (κ2) is 6.02. The predicted molar refractivity (Wildman–Crippen MR) is 65.8 cm³/mol. The lowest BCUT2D eigenvalue weighted by Gasteiger charge is -2.12. The Balaban J connectivity index is 2.05. The molecular weight excluding hydrogens is 291 g/mol. The van der Waals surface area contributed by atoms with E-state index in [4.69, 9.17) is 9.84 Å². The minimum Gasteiger partial charge on any atom is -0.485 e. The number of benzene rings is 1. The molecule has 5 nitrogen and oxygen atoms in total. The molecule has 1 saturated carbocycles. The standard InChI is InChI=1S/C13H12F3NO4/c14-6-1-2-9(10(3-6)21-5-11(15)16)17-12(18)7-4-8(7)13(19)20/h1-3,7-8,11H,4-5H2,(H,17,18)(H,19,20). The number of alkyl halides is 2. The van der Waals surface area contributed by atoms with Gasteiger partial charge in [0.15, 0.2) is 0 Å². The summed E-state index contributed by atoms with van der Waals surface area (Å²) in [7, 11) is 0. The fourth-order valence-electron chi connectivity index (χ4n) is 1.85. The summed E-state index contributed by atoms with van der Waals surface area (Å²) in [6, 6.07) is 3.08. The van der Waals surface area contributed by atoms with Gasteiger partial charge in [-0.1, -0.05) is 0 Å². The Hall–Kier alpha value is -2.25. The van der Waals surface area contributed by atoms with Gasteiger partial charge < -0.3 is 15.2 Å². The number of amides is 1. The number of nitrogens with one attached hydrogen (secondary N) is 1. The molecule has 0 saturated heterocycles. The average Bonchev–Trinajstić information content (AvgIpc) is 3.19. The summed E-state index contributed by atoms with van der Waals surface area (Å²) < 4.78 is 42.1. The van der Waals surface area contributed by atoms with Crippen molar-refractivity contribution < 1.29 is 32.6 Å². The molecule has 1 aliphatic rings. The van der Waals surface area contributed by atoms with E-state index in [1.165, 1.54) is 6.07 Å². The van der Waals surface area contributed by atoms with Crippen LogP contribution in [0.1, 0.15) is 6.42 Å². The van der Waals surface area contributed by atoms with Crippen molar-refractivity contribution in [2.45, 2.75) is 12.8 Å². The van der Waals surface area contributed by atoms with Gasteiger partial charge in [0, 0.05) is 6.07 Å². The normalized spacial score (nSPS) is 20.2. The molecule has 1 aromatic carbocycles. The molecule has 0 aliphatic heterocycles. The van der Waals surface area contributed by atoms with Crippen molar-refractivity contribution in [2.24, 2.45) is 11.8 Å². The number of ether oxygens (including phenoxy) is 1.